The summed E-state index contributed by atoms with van der Waals surface area (Å²) in [5.41, 5.74) is 0.825. The fourth-order valence-electron chi connectivity index (χ4n) is 3.66. The topological polar surface area (TPSA) is 62.2 Å². The van der Waals surface area contributed by atoms with E-state index in [9.17, 15) is 9.90 Å². The second-order valence-corrected chi connectivity index (χ2v) is 8.16. The van der Waals surface area contributed by atoms with E-state index in [-0.39, 0.29) is 5.56 Å². The van der Waals surface area contributed by atoms with Gasteiger partial charge in [-0.3, -0.25) is 4.90 Å². The summed E-state index contributed by atoms with van der Waals surface area (Å²) >= 11 is 3.41. The van der Waals surface area contributed by atoms with E-state index in [2.05, 4.69) is 39.8 Å². The number of fused-ring (bicyclic) bond motifs is 1. The second-order valence-electron chi connectivity index (χ2n) is 7.30. The van der Waals surface area contributed by atoms with E-state index in [0.29, 0.717) is 34.1 Å². The molecule has 0 aliphatic carbocycles. The largest absolute Gasteiger partial charge is 0.478 e. The molecule has 1 fully saturated rings. The molecule has 2 aliphatic rings. The van der Waals surface area contributed by atoms with Crippen molar-refractivity contribution in [2.24, 2.45) is 0 Å². The lowest BCUT2D eigenvalue weighted by Gasteiger charge is -2.38. The lowest BCUT2D eigenvalue weighted by atomic mass is 10.0. The number of carboxylic acids is 1. The van der Waals surface area contributed by atoms with Gasteiger partial charge in [0.15, 0.2) is 11.5 Å². The van der Waals surface area contributed by atoms with Gasteiger partial charge in [-0.05, 0) is 68.9 Å². The van der Waals surface area contributed by atoms with Crippen LogP contribution in [0, 0.1) is 6.92 Å². The molecule has 0 bridgehead atoms. The molecule has 1 aromatic carbocycles. The predicted octanol–water partition coefficient (Wildman–Crippen LogP) is 2.97. The van der Waals surface area contributed by atoms with Crippen molar-refractivity contribution in [3.05, 3.63) is 21.7 Å². The predicted molar refractivity (Wildman–Crippen MR) is 98.6 cm³/mol. The molecule has 138 valence electrons. The monoisotopic (exact) mass is 412 g/mol. The van der Waals surface area contributed by atoms with Gasteiger partial charge >= 0.3 is 5.97 Å². The highest BCUT2D eigenvalue weighted by Gasteiger charge is 2.42. The number of aromatic carboxylic acids is 1. The molecule has 1 unspecified atom stereocenters. The molecule has 2 aliphatic heterocycles. The fourth-order valence-corrected chi connectivity index (χ4v) is 4.15. The van der Waals surface area contributed by atoms with E-state index in [0.717, 1.165) is 25.9 Å². The summed E-state index contributed by atoms with van der Waals surface area (Å²) in [6.07, 6.45) is 2.25. The van der Waals surface area contributed by atoms with Crippen molar-refractivity contribution in [1.82, 2.24) is 9.80 Å². The summed E-state index contributed by atoms with van der Waals surface area (Å²) in [7, 11) is 4.25. The molecule has 3 rings (SSSR count). The Labute approximate surface area is 156 Å². The summed E-state index contributed by atoms with van der Waals surface area (Å²) in [6, 6.07) is 2.20. The van der Waals surface area contributed by atoms with Crippen molar-refractivity contribution in [2.45, 2.75) is 38.5 Å². The molecule has 1 atom stereocenters. The van der Waals surface area contributed by atoms with E-state index in [1.54, 1.807) is 13.0 Å². The van der Waals surface area contributed by atoms with Crippen LogP contribution < -0.4 is 9.47 Å². The van der Waals surface area contributed by atoms with E-state index in [1.165, 1.54) is 0 Å². The highest BCUT2D eigenvalue weighted by atomic mass is 79.9. The van der Waals surface area contributed by atoms with Gasteiger partial charge in [-0.15, -0.1) is 0 Å². The Kier molecular flexibility index (Phi) is 5.01. The minimum atomic E-state index is -0.969. The van der Waals surface area contributed by atoms with Crippen molar-refractivity contribution < 1.29 is 19.4 Å². The van der Waals surface area contributed by atoms with Crippen molar-refractivity contribution in [1.29, 1.82) is 0 Å². The van der Waals surface area contributed by atoms with Gasteiger partial charge in [0.05, 0.1) is 16.6 Å². The van der Waals surface area contributed by atoms with E-state index >= 15 is 0 Å². The van der Waals surface area contributed by atoms with Gasteiger partial charge < -0.3 is 19.5 Å². The molecule has 1 N–H and O–H groups in total. The molecular weight excluding hydrogens is 388 g/mol. The van der Waals surface area contributed by atoms with Gasteiger partial charge in [-0.25, -0.2) is 4.79 Å². The first-order chi connectivity index (χ1) is 11.7. The third-order valence-electron chi connectivity index (χ3n) is 5.10. The quantitative estimate of drug-likeness (QED) is 0.819. The zero-order valence-corrected chi connectivity index (χ0v) is 16.7. The lowest BCUT2D eigenvalue weighted by molar-refractivity contribution is -0.0890. The molecule has 0 amide bonds. The minimum Gasteiger partial charge on any atom is -0.478 e. The lowest BCUT2D eigenvalue weighted by Crippen LogP contribution is -2.51. The van der Waals surface area contributed by atoms with Gasteiger partial charge in [0, 0.05) is 18.5 Å². The van der Waals surface area contributed by atoms with Gasteiger partial charge in [-0.1, -0.05) is 0 Å². The molecule has 7 heteroatoms. The van der Waals surface area contributed by atoms with E-state index in [1.807, 2.05) is 6.92 Å². The van der Waals surface area contributed by atoms with E-state index < -0.39 is 11.8 Å². The third-order valence-corrected chi connectivity index (χ3v) is 5.69. The molecule has 0 radical (unpaired) electrons. The maximum Gasteiger partial charge on any atom is 0.336 e. The first kappa shape index (κ1) is 18.5. The molecule has 1 saturated heterocycles. The third kappa shape index (κ3) is 3.64. The number of nitrogens with zero attached hydrogens (tertiary/aromatic N) is 2. The second kappa shape index (κ2) is 6.78. The summed E-state index contributed by atoms with van der Waals surface area (Å²) in [5, 5.41) is 9.35. The fraction of sp³-hybridized carbons (Fsp3) is 0.611. The Morgan fingerprint density at radius 1 is 1.36 bits per heavy atom. The van der Waals surface area contributed by atoms with Crippen LogP contribution in [0.3, 0.4) is 0 Å². The Morgan fingerprint density at radius 2 is 1.96 bits per heavy atom. The van der Waals surface area contributed by atoms with Crippen LogP contribution in [0.2, 0.25) is 0 Å². The average molecular weight is 413 g/mol. The average Bonchev–Trinajstić information content (AvgIpc) is 2.89. The number of hydrogen-bond acceptors (Lipinski definition) is 5. The van der Waals surface area contributed by atoms with Crippen molar-refractivity contribution in [2.75, 3.05) is 33.7 Å². The molecule has 0 saturated carbocycles. The summed E-state index contributed by atoms with van der Waals surface area (Å²) in [6.45, 7) is 6.32. The van der Waals surface area contributed by atoms with Crippen LogP contribution in [-0.4, -0.2) is 66.4 Å². The van der Waals surface area contributed by atoms with E-state index in [4.69, 9.17) is 9.47 Å². The molecule has 0 aromatic heterocycles. The number of likely N-dealkylation sites (tertiary alicyclic amines) is 1. The zero-order chi connectivity index (χ0) is 18.4. The van der Waals surface area contributed by atoms with Gasteiger partial charge in [0.2, 0.25) is 0 Å². The Hall–Kier alpha value is -1.31. The highest BCUT2D eigenvalue weighted by Crippen LogP contribution is 2.48. The summed E-state index contributed by atoms with van der Waals surface area (Å²) in [4.78, 5) is 16.0. The number of piperidine rings is 1. The number of ether oxygens (including phenoxy) is 2. The minimum absolute atomic E-state index is 0.227. The number of carbonyl (C=O) groups is 1. The van der Waals surface area contributed by atoms with Crippen LogP contribution in [0.5, 0.6) is 11.5 Å². The number of carboxylic acid groups (broad SMARTS) is 1. The van der Waals surface area contributed by atoms with Crippen molar-refractivity contribution in [3.63, 3.8) is 0 Å². The first-order valence-electron chi connectivity index (χ1n) is 8.53. The van der Waals surface area contributed by atoms with Crippen LogP contribution in [0.1, 0.15) is 35.7 Å². The van der Waals surface area contributed by atoms with Crippen LogP contribution in [0.15, 0.2) is 10.5 Å². The Balaban J connectivity index is 1.74. The number of halogens is 1. The molecular formula is C18H25BrN2O4. The molecule has 1 aromatic rings. The highest BCUT2D eigenvalue weighted by molar-refractivity contribution is 9.10. The molecule has 6 nitrogen and oxygen atoms in total. The maximum atomic E-state index is 11.4. The number of hydrogen-bond donors (Lipinski definition) is 1. The smallest absolute Gasteiger partial charge is 0.336 e. The normalized spacial score (nSPS) is 24.1. The molecule has 2 heterocycles. The van der Waals surface area contributed by atoms with Gasteiger partial charge in [-0.2, -0.15) is 0 Å². The standard InChI is InChI=1S/C18H25BrN2O4/c1-11-13(17(22)23)9-14(19)16-15(11)24-18(2,25-16)10-21-7-5-12(6-8-21)20(3)4/h9,12H,5-8,10H2,1-4H3,(H,22,23). The summed E-state index contributed by atoms with van der Waals surface area (Å²) < 4.78 is 12.8. The number of rotatable bonds is 4. The maximum absolute atomic E-state index is 11.4. The van der Waals surface area contributed by atoms with Crippen LogP contribution >= 0.6 is 15.9 Å². The molecule has 0 spiro atoms. The van der Waals surface area contributed by atoms with Gasteiger partial charge in [0.1, 0.15) is 0 Å². The number of benzene rings is 1. The van der Waals surface area contributed by atoms with Crippen LogP contribution in [-0.2, 0) is 0 Å². The SMILES string of the molecule is Cc1c(C(=O)O)cc(Br)c2c1OC(C)(CN1CCC(N(C)C)CC1)O2. The molecule has 25 heavy (non-hydrogen) atoms. The summed E-state index contributed by atoms with van der Waals surface area (Å²) in [5.74, 6) is -0.660. The van der Waals surface area contributed by atoms with Gasteiger partial charge in [0.25, 0.3) is 5.79 Å². The van der Waals surface area contributed by atoms with Crippen LogP contribution in [0.25, 0.3) is 0 Å². The zero-order valence-electron chi connectivity index (χ0n) is 15.1. The Morgan fingerprint density at radius 3 is 2.52 bits per heavy atom. The first-order valence-corrected chi connectivity index (χ1v) is 9.32. The Bertz CT molecular complexity index is 686. The van der Waals surface area contributed by atoms with Crippen LogP contribution in [0.4, 0.5) is 0 Å². The van der Waals surface area contributed by atoms with Crippen molar-refractivity contribution in [3.8, 4) is 11.5 Å². The van der Waals surface area contributed by atoms with Crippen molar-refractivity contribution >= 4 is 21.9 Å².